The third-order valence-corrected chi connectivity index (χ3v) is 3.76. The van der Waals surface area contributed by atoms with Crippen LogP contribution in [0.3, 0.4) is 0 Å². The monoisotopic (exact) mass is 318 g/mol. The van der Waals surface area contributed by atoms with Crippen molar-refractivity contribution in [3.05, 3.63) is 0 Å². The molecule has 0 saturated carbocycles. The van der Waals surface area contributed by atoms with Crippen LogP contribution in [0.2, 0.25) is 0 Å². The molecule has 120 valence electrons. The second kappa shape index (κ2) is 7.23. The second-order valence-electron chi connectivity index (χ2n) is 4.21. The van der Waals surface area contributed by atoms with Crippen LogP contribution in [0.15, 0.2) is 0 Å². The summed E-state index contributed by atoms with van der Waals surface area (Å²) in [5, 5.41) is 47.2. The van der Waals surface area contributed by atoms with E-state index >= 15 is 0 Å². The molecule has 7 atom stereocenters. The van der Waals surface area contributed by atoms with E-state index in [2.05, 4.69) is 9.05 Å². The Labute approximate surface area is 114 Å². The number of hydrogen-bond acceptors (Lipinski definition) is 9. The summed E-state index contributed by atoms with van der Waals surface area (Å²) in [6, 6.07) is 0. The van der Waals surface area contributed by atoms with Crippen molar-refractivity contribution < 1.29 is 48.8 Å². The molecule has 11 heteroatoms. The van der Waals surface area contributed by atoms with E-state index in [0.717, 1.165) is 0 Å². The van der Waals surface area contributed by atoms with Gasteiger partial charge in [-0.3, -0.25) is 9.05 Å². The highest BCUT2D eigenvalue weighted by molar-refractivity contribution is 7.47. The molecule has 1 saturated heterocycles. The average Bonchev–Trinajstić information content (AvgIpc) is 2.38. The molecule has 1 aliphatic heterocycles. The van der Waals surface area contributed by atoms with E-state index in [1.54, 1.807) is 0 Å². The fraction of sp³-hybridized carbons (Fsp3) is 1.00. The van der Waals surface area contributed by atoms with Crippen LogP contribution in [-0.4, -0.2) is 80.4 Å². The number of aliphatic hydroxyl groups is 5. The van der Waals surface area contributed by atoms with E-state index in [1.807, 2.05) is 0 Å². The molecule has 0 aromatic heterocycles. The van der Waals surface area contributed by atoms with Crippen LogP contribution in [0.5, 0.6) is 0 Å². The van der Waals surface area contributed by atoms with Gasteiger partial charge in [0.15, 0.2) is 6.29 Å². The number of rotatable bonds is 6. The van der Waals surface area contributed by atoms with Gasteiger partial charge in [0.05, 0.1) is 13.2 Å². The molecule has 6 N–H and O–H groups in total. The molecular weight excluding hydrogens is 299 g/mol. The second-order valence-corrected chi connectivity index (χ2v) is 5.67. The molecule has 0 spiro atoms. The minimum atomic E-state index is -4.33. The van der Waals surface area contributed by atoms with Crippen molar-refractivity contribution in [3.63, 3.8) is 0 Å². The first-order chi connectivity index (χ1) is 9.19. The molecule has 0 aliphatic carbocycles. The minimum absolute atomic E-state index is 0.0873. The van der Waals surface area contributed by atoms with Crippen LogP contribution in [-0.2, 0) is 18.3 Å². The predicted octanol–water partition coefficient (Wildman–Crippen LogP) is -2.70. The first kappa shape index (κ1) is 17.9. The van der Waals surface area contributed by atoms with Gasteiger partial charge >= 0.3 is 7.82 Å². The molecule has 20 heavy (non-hydrogen) atoms. The molecular formula is C9H19O10P. The number of ether oxygens (including phenoxy) is 1. The van der Waals surface area contributed by atoms with E-state index in [9.17, 15) is 30.1 Å². The van der Waals surface area contributed by atoms with Crippen molar-refractivity contribution in [1.29, 1.82) is 0 Å². The molecule has 0 aromatic carbocycles. The highest BCUT2D eigenvalue weighted by atomic mass is 31.2. The van der Waals surface area contributed by atoms with Crippen LogP contribution >= 0.6 is 7.82 Å². The number of aliphatic hydroxyl groups excluding tert-OH is 5. The Balaban J connectivity index is 2.58. The summed E-state index contributed by atoms with van der Waals surface area (Å²) >= 11 is 0. The summed E-state index contributed by atoms with van der Waals surface area (Å²) in [5.74, 6) is 0. The maximum absolute atomic E-state index is 11.2. The van der Waals surface area contributed by atoms with Gasteiger partial charge in [-0.2, -0.15) is 0 Å². The molecule has 0 aromatic rings. The van der Waals surface area contributed by atoms with Gasteiger partial charge in [0.1, 0.15) is 30.5 Å². The summed E-state index contributed by atoms with van der Waals surface area (Å²) in [7, 11) is -4.33. The SMILES string of the molecule is CCOP(=O)(O)OC[C@H](O)[C@H]1OC(O)[C@@H](O)[C@@H](O)[C@@H]1O. The Morgan fingerprint density at radius 3 is 2.30 bits per heavy atom. The van der Waals surface area contributed by atoms with Gasteiger partial charge in [-0.15, -0.1) is 0 Å². The van der Waals surface area contributed by atoms with Gasteiger partial charge in [-0.05, 0) is 6.92 Å². The molecule has 2 unspecified atom stereocenters. The molecule has 1 aliphatic rings. The van der Waals surface area contributed by atoms with E-state index in [1.165, 1.54) is 6.92 Å². The predicted molar refractivity (Wildman–Crippen MR) is 62.3 cm³/mol. The molecule has 10 nitrogen and oxygen atoms in total. The van der Waals surface area contributed by atoms with Gasteiger partial charge in [-0.25, -0.2) is 4.57 Å². The Kier molecular flexibility index (Phi) is 6.48. The molecule has 0 amide bonds. The Morgan fingerprint density at radius 1 is 1.15 bits per heavy atom. The van der Waals surface area contributed by atoms with E-state index in [-0.39, 0.29) is 6.61 Å². The Hall–Kier alpha value is -0.130. The van der Waals surface area contributed by atoms with Gasteiger partial charge in [0, 0.05) is 0 Å². The lowest BCUT2D eigenvalue weighted by Crippen LogP contribution is -2.61. The third-order valence-electron chi connectivity index (χ3n) is 2.71. The zero-order valence-electron chi connectivity index (χ0n) is 10.6. The summed E-state index contributed by atoms with van der Waals surface area (Å²) in [4.78, 5) is 9.13. The highest BCUT2D eigenvalue weighted by Crippen LogP contribution is 2.43. The van der Waals surface area contributed by atoms with Crippen molar-refractivity contribution in [1.82, 2.24) is 0 Å². The van der Waals surface area contributed by atoms with Gasteiger partial charge in [0.2, 0.25) is 0 Å². The van der Waals surface area contributed by atoms with Crippen molar-refractivity contribution in [2.45, 2.75) is 43.7 Å². The van der Waals surface area contributed by atoms with Crippen LogP contribution in [0.1, 0.15) is 6.92 Å². The van der Waals surface area contributed by atoms with Crippen LogP contribution < -0.4 is 0 Å². The number of hydrogen-bond donors (Lipinski definition) is 6. The van der Waals surface area contributed by atoms with Crippen molar-refractivity contribution in [2.75, 3.05) is 13.2 Å². The Bertz CT molecular complexity index is 352. The lowest BCUT2D eigenvalue weighted by Gasteiger charge is -2.40. The van der Waals surface area contributed by atoms with Crippen molar-refractivity contribution in [3.8, 4) is 0 Å². The largest absolute Gasteiger partial charge is 0.472 e. The highest BCUT2D eigenvalue weighted by Gasteiger charge is 2.46. The van der Waals surface area contributed by atoms with Gasteiger partial charge in [-0.1, -0.05) is 0 Å². The summed E-state index contributed by atoms with van der Waals surface area (Å²) in [6.45, 7) is 0.631. The quantitative estimate of drug-likeness (QED) is 0.284. The van der Waals surface area contributed by atoms with Crippen LogP contribution in [0.4, 0.5) is 0 Å². The minimum Gasteiger partial charge on any atom is -0.388 e. The fourth-order valence-electron chi connectivity index (χ4n) is 1.67. The standard InChI is InChI=1S/C9H19O10P/c1-2-17-20(15,16)18-3-4(10)8-6(12)5(11)7(13)9(14)19-8/h4-14H,2-3H2,1H3,(H,15,16)/t4-,5-,6-,7-,8+,9?/m0/s1. The Morgan fingerprint density at radius 2 is 1.75 bits per heavy atom. The summed E-state index contributed by atoms with van der Waals surface area (Å²) in [6.07, 6.45) is -10.2. The smallest absolute Gasteiger partial charge is 0.388 e. The van der Waals surface area contributed by atoms with E-state index in [0.29, 0.717) is 0 Å². The molecule has 1 heterocycles. The van der Waals surface area contributed by atoms with Crippen molar-refractivity contribution in [2.24, 2.45) is 0 Å². The maximum atomic E-state index is 11.2. The lowest BCUT2D eigenvalue weighted by atomic mass is 9.96. The van der Waals surface area contributed by atoms with E-state index in [4.69, 9.17) is 9.63 Å². The third kappa shape index (κ3) is 4.43. The first-order valence-electron chi connectivity index (χ1n) is 5.87. The van der Waals surface area contributed by atoms with Crippen LogP contribution in [0.25, 0.3) is 0 Å². The molecule has 1 rings (SSSR count). The van der Waals surface area contributed by atoms with Gasteiger partial charge in [0.25, 0.3) is 0 Å². The van der Waals surface area contributed by atoms with Crippen LogP contribution in [0, 0.1) is 0 Å². The zero-order valence-corrected chi connectivity index (χ0v) is 11.5. The van der Waals surface area contributed by atoms with Gasteiger partial charge < -0.3 is 35.2 Å². The zero-order chi connectivity index (χ0) is 15.5. The summed E-state index contributed by atoms with van der Waals surface area (Å²) in [5.41, 5.74) is 0. The molecule has 1 fully saturated rings. The average molecular weight is 318 g/mol. The lowest BCUT2D eigenvalue weighted by molar-refractivity contribution is -0.298. The summed E-state index contributed by atoms with van der Waals surface area (Å²) < 4.78 is 24.8. The first-order valence-corrected chi connectivity index (χ1v) is 7.36. The molecule has 0 bridgehead atoms. The number of phosphoric acid groups is 1. The van der Waals surface area contributed by atoms with Crippen molar-refractivity contribution >= 4 is 7.82 Å². The maximum Gasteiger partial charge on any atom is 0.472 e. The normalized spacial score (nSPS) is 39.2. The molecule has 0 radical (unpaired) electrons. The number of phosphoric ester groups is 1. The fourth-order valence-corrected chi connectivity index (χ4v) is 2.41. The topological polar surface area (TPSA) is 166 Å². The van der Waals surface area contributed by atoms with E-state index < -0.39 is 51.2 Å².